The van der Waals surface area contributed by atoms with Crippen molar-refractivity contribution >= 4 is 11.3 Å². The lowest BCUT2D eigenvalue weighted by Gasteiger charge is -2.19. The molecule has 0 aliphatic carbocycles. The molecule has 2 aromatic heterocycles. The number of aryl methyl sites for hydroxylation is 1. The van der Waals surface area contributed by atoms with Gasteiger partial charge < -0.3 is 14.0 Å². The van der Waals surface area contributed by atoms with Gasteiger partial charge in [0.2, 0.25) is 5.89 Å². The molecule has 29 heavy (non-hydrogen) atoms. The number of nitrogens with zero attached hydrogens (tertiary/aromatic N) is 3. The quantitative estimate of drug-likeness (QED) is 0.411. The molecule has 0 atom stereocenters. The highest BCUT2D eigenvalue weighted by atomic mass is 32.1. The van der Waals surface area contributed by atoms with Crippen molar-refractivity contribution in [2.45, 2.75) is 52.8 Å². The van der Waals surface area contributed by atoms with Crippen LogP contribution in [0.1, 0.15) is 48.8 Å². The van der Waals surface area contributed by atoms with Gasteiger partial charge in [0.1, 0.15) is 6.61 Å². The van der Waals surface area contributed by atoms with E-state index in [0.29, 0.717) is 13.2 Å². The minimum Gasteiger partial charge on any atom is -0.493 e. The summed E-state index contributed by atoms with van der Waals surface area (Å²) in [5.74, 6) is 2.97. The summed E-state index contributed by atoms with van der Waals surface area (Å²) in [4.78, 5) is 7.97. The largest absolute Gasteiger partial charge is 0.493 e. The fourth-order valence-electron chi connectivity index (χ4n) is 2.99. The van der Waals surface area contributed by atoms with E-state index in [4.69, 9.17) is 14.0 Å². The topological polar surface area (TPSA) is 60.6 Å². The number of thiophene rings is 1. The van der Waals surface area contributed by atoms with Crippen LogP contribution in [0.2, 0.25) is 0 Å². The predicted octanol–water partition coefficient (Wildman–Crippen LogP) is 5.08. The summed E-state index contributed by atoms with van der Waals surface area (Å²) >= 11 is 1.68. The van der Waals surface area contributed by atoms with E-state index < -0.39 is 0 Å². The van der Waals surface area contributed by atoms with Gasteiger partial charge in [-0.1, -0.05) is 37.6 Å². The number of hydrogen-bond acceptors (Lipinski definition) is 7. The monoisotopic (exact) mass is 415 g/mol. The minimum atomic E-state index is 0.548. The molecule has 0 saturated heterocycles. The molecule has 0 amide bonds. The fourth-order valence-corrected chi connectivity index (χ4v) is 3.61. The Balaban J connectivity index is 1.60. The van der Waals surface area contributed by atoms with E-state index in [1.54, 1.807) is 18.4 Å². The number of hydrogen-bond donors (Lipinski definition) is 0. The first-order valence-corrected chi connectivity index (χ1v) is 11.0. The molecule has 6 nitrogen and oxygen atoms in total. The van der Waals surface area contributed by atoms with E-state index in [9.17, 15) is 0 Å². The van der Waals surface area contributed by atoms with Gasteiger partial charge in [-0.15, -0.1) is 11.3 Å². The Hall–Kier alpha value is -2.38. The maximum Gasteiger partial charge on any atom is 0.226 e. The third-order valence-electron chi connectivity index (χ3n) is 4.65. The average molecular weight is 416 g/mol. The predicted molar refractivity (Wildman–Crippen MR) is 114 cm³/mol. The Labute approximate surface area is 176 Å². The molecule has 7 heteroatoms. The number of unbranched alkanes of at least 4 members (excludes halogenated alkanes) is 1. The highest BCUT2D eigenvalue weighted by Crippen LogP contribution is 2.30. The zero-order valence-corrected chi connectivity index (χ0v) is 18.2. The van der Waals surface area contributed by atoms with Crippen molar-refractivity contribution < 1.29 is 14.0 Å². The van der Waals surface area contributed by atoms with Gasteiger partial charge >= 0.3 is 0 Å². The molecule has 0 spiro atoms. The van der Waals surface area contributed by atoms with Crippen molar-refractivity contribution in [1.29, 1.82) is 0 Å². The fraction of sp³-hybridized carbons (Fsp3) is 0.455. The molecule has 0 aliphatic heterocycles. The number of methoxy groups -OCH3 is 1. The van der Waals surface area contributed by atoms with Crippen molar-refractivity contribution in [3.8, 4) is 11.5 Å². The van der Waals surface area contributed by atoms with E-state index in [2.05, 4.69) is 46.4 Å². The second-order valence-electron chi connectivity index (χ2n) is 6.86. The van der Waals surface area contributed by atoms with Crippen LogP contribution < -0.4 is 9.47 Å². The number of ether oxygens (including phenoxy) is 2. The van der Waals surface area contributed by atoms with Crippen LogP contribution in [0, 0.1) is 0 Å². The Kier molecular flexibility index (Phi) is 8.07. The maximum atomic E-state index is 5.93. The molecular weight excluding hydrogens is 386 g/mol. The molecule has 0 N–H and O–H groups in total. The Morgan fingerprint density at radius 3 is 2.76 bits per heavy atom. The van der Waals surface area contributed by atoms with Gasteiger partial charge in [0.15, 0.2) is 17.3 Å². The molecule has 3 aromatic rings. The highest BCUT2D eigenvalue weighted by molar-refractivity contribution is 7.09. The third kappa shape index (κ3) is 6.30. The lowest BCUT2D eigenvalue weighted by molar-refractivity contribution is 0.257. The first-order chi connectivity index (χ1) is 14.2. The Bertz CT molecular complexity index is 864. The van der Waals surface area contributed by atoms with Crippen LogP contribution in [0.4, 0.5) is 0 Å². The molecule has 0 radical (unpaired) electrons. The van der Waals surface area contributed by atoms with Crippen molar-refractivity contribution in [1.82, 2.24) is 15.0 Å². The molecule has 0 bridgehead atoms. The average Bonchev–Trinajstić information content (AvgIpc) is 3.42. The first kappa shape index (κ1) is 21.3. The minimum absolute atomic E-state index is 0.548. The van der Waals surface area contributed by atoms with Gasteiger partial charge in [-0.25, -0.2) is 0 Å². The van der Waals surface area contributed by atoms with Crippen molar-refractivity contribution in [2.24, 2.45) is 0 Å². The van der Waals surface area contributed by atoms with Gasteiger partial charge in [0, 0.05) is 17.8 Å². The van der Waals surface area contributed by atoms with Gasteiger partial charge in [-0.3, -0.25) is 4.90 Å². The van der Waals surface area contributed by atoms with Crippen molar-refractivity contribution in [3.05, 3.63) is 57.9 Å². The normalized spacial score (nSPS) is 11.2. The third-order valence-corrected chi connectivity index (χ3v) is 5.50. The number of aromatic nitrogens is 2. The van der Waals surface area contributed by atoms with E-state index in [-0.39, 0.29) is 0 Å². The summed E-state index contributed by atoms with van der Waals surface area (Å²) in [5.41, 5.74) is 1.15. The molecule has 0 unspecified atom stereocenters. The van der Waals surface area contributed by atoms with Gasteiger partial charge in [0.25, 0.3) is 0 Å². The SMILES string of the molecule is CCCCc1nc(CN(CC)Cc2ccc(OCc3cccs3)c(OC)c2)no1. The maximum absolute atomic E-state index is 5.93. The van der Waals surface area contributed by atoms with Crippen molar-refractivity contribution in [3.63, 3.8) is 0 Å². The van der Waals surface area contributed by atoms with Crippen LogP contribution in [-0.4, -0.2) is 28.7 Å². The van der Waals surface area contributed by atoms with Crippen LogP contribution in [0.15, 0.2) is 40.2 Å². The summed E-state index contributed by atoms with van der Waals surface area (Å²) in [6, 6.07) is 10.2. The van der Waals surface area contributed by atoms with Crippen LogP contribution >= 0.6 is 11.3 Å². The molecule has 0 aliphatic rings. The number of rotatable bonds is 12. The highest BCUT2D eigenvalue weighted by Gasteiger charge is 2.13. The molecule has 0 saturated carbocycles. The van der Waals surface area contributed by atoms with Crippen LogP contribution in [0.3, 0.4) is 0 Å². The Morgan fingerprint density at radius 1 is 1.14 bits per heavy atom. The summed E-state index contributed by atoms with van der Waals surface area (Å²) < 4.78 is 16.8. The van der Waals surface area contributed by atoms with Crippen LogP contribution in [0.25, 0.3) is 0 Å². The molecule has 3 rings (SSSR count). The summed E-state index contributed by atoms with van der Waals surface area (Å²) in [6.07, 6.45) is 3.03. The number of benzene rings is 1. The summed E-state index contributed by atoms with van der Waals surface area (Å²) in [7, 11) is 1.67. The van der Waals surface area contributed by atoms with E-state index >= 15 is 0 Å². The zero-order valence-electron chi connectivity index (χ0n) is 17.4. The van der Waals surface area contributed by atoms with E-state index in [1.807, 2.05) is 18.2 Å². The second kappa shape index (κ2) is 11.0. The molecule has 0 fully saturated rings. The molecule has 2 heterocycles. The zero-order chi connectivity index (χ0) is 20.5. The van der Waals surface area contributed by atoms with E-state index in [1.165, 1.54) is 4.88 Å². The standard InChI is InChI=1S/C22H29N3O3S/c1-4-6-9-22-23-21(24-28-22)15-25(5-2)14-17-10-11-19(20(13-17)26-3)27-16-18-8-7-12-29-18/h7-8,10-13H,4-6,9,14-16H2,1-3H3. The van der Waals surface area contributed by atoms with Gasteiger partial charge in [0.05, 0.1) is 13.7 Å². The smallest absolute Gasteiger partial charge is 0.226 e. The van der Waals surface area contributed by atoms with Gasteiger partial charge in [-0.2, -0.15) is 4.98 Å². The van der Waals surface area contributed by atoms with Crippen molar-refractivity contribution in [2.75, 3.05) is 13.7 Å². The summed E-state index contributed by atoms with van der Waals surface area (Å²) in [6.45, 7) is 7.16. The Morgan fingerprint density at radius 2 is 2.03 bits per heavy atom. The lowest BCUT2D eigenvalue weighted by atomic mass is 10.2. The first-order valence-electron chi connectivity index (χ1n) is 10.1. The van der Waals surface area contributed by atoms with E-state index in [0.717, 1.165) is 61.1 Å². The molecular formula is C22H29N3O3S. The van der Waals surface area contributed by atoms with Crippen LogP contribution in [-0.2, 0) is 26.1 Å². The molecule has 1 aromatic carbocycles. The van der Waals surface area contributed by atoms with Gasteiger partial charge in [-0.05, 0) is 42.1 Å². The second-order valence-corrected chi connectivity index (χ2v) is 7.90. The molecule has 156 valence electrons. The van der Waals surface area contributed by atoms with Crippen LogP contribution in [0.5, 0.6) is 11.5 Å². The lowest BCUT2D eigenvalue weighted by Crippen LogP contribution is -2.23. The summed E-state index contributed by atoms with van der Waals surface area (Å²) in [5, 5.41) is 6.17.